The number of fused-ring (bicyclic) bond motifs is 2. The Hall–Kier alpha value is -3.87. The molecule has 5 rings (SSSR count). The number of hydrogen-bond acceptors (Lipinski definition) is 6. The summed E-state index contributed by atoms with van der Waals surface area (Å²) < 4.78 is 21.3. The lowest BCUT2D eigenvalue weighted by molar-refractivity contribution is 0.102. The predicted octanol–water partition coefficient (Wildman–Crippen LogP) is 4.14. The summed E-state index contributed by atoms with van der Waals surface area (Å²) in [5.74, 6) is 2.48. The standard InChI is InChI=1S/C21H16N2O5/c24-21(13-1-7-17-19(9-13)27-11-25-17)23-15-4-2-14(3-5-15)22-16-6-8-18-20(10-16)28-12-26-18/h1-10,22H,11-12H2,(H,23,24). The molecule has 0 atom stereocenters. The zero-order chi connectivity index (χ0) is 18.9. The molecule has 0 saturated heterocycles. The Balaban J connectivity index is 1.25. The van der Waals surface area contributed by atoms with Gasteiger partial charge < -0.3 is 29.6 Å². The van der Waals surface area contributed by atoms with E-state index in [4.69, 9.17) is 18.9 Å². The van der Waals surface area contributed by atoms with Gasteiger partial charge in [0, 0.05) is 28.7 Å². The molecule has 3 aromatic carbocycles. The average Bonchev–Trinajstić information content (AvgIpc) is 3.37. The number of rotatable bonds is 4. The molecular weight excluding hydrogens is 360 g/mol. The molecule has 2 heterocycles. The first-order valence-corrected chi connectivity index (χ1v) is 8.72. The third-order valence-corrected chi connectivity index (χ3v) is 4.44. The summed E-state index contributed by atoms with van der Waals surface area (Å²) in [4.78, 5) is 12.4. The van der Waals surface area contributed by atoms with Gasteiger partial charge in [0.15, 0.2) is 23.0 Å². The minimum Gasteiger partial charge on any atom is -0.454 e. The molecule has 7 heteroatoms. The Kier molecular flexibility index (Phi) is 3.90. The van der Waals surface area contributed by atoms with Crippen LogP contribution in [0.15, 0.2) is 60.7 Å². The van der Waals surface area contributed by atoms with Crippen molar-refractivity contribution in [3.05, 3.63) is 66.2 Å². The summed E-state index contributed by atoms with van der Waals surface area (Å²) in [5, 5.41) is 6.17. The molecule has 0 unspecified atom stereocenters. The molecule has 0 fully saturated rings. The zero-order valence-electron chi connectivity index (χ0n) is 14.7. The first-order valence-electron chi connectivity index (χ1n) is 8.72. The zero-order valence-corrected chi connectivity index (χ0v) is 14.7. The minimum absolute atomic E-state index is 0.179. The molecule has 2 aliphatic heterocycles. The highest BCUT2D eigenvalue weighted by molar-refractivity contribution is 6.04. The van der Waals surface area contributed by atoms with Crippen LogP contribution >= 0.6 is 0 Å². The molecule has 0 saturated carbocycles. The van der Waals surface area contributed by atoms with E-state index in [0.717, 1.165) is 22.9 Å². The van der Waals surface area contributed by atoms with Crippen molar-refractivity contribution in [2.45, 2.75) is 0 Å². The Morgan fingerprint density at radius 1 is 0.643 bits per heavy atom. The van der Waals surface area contributed by atoms with Crippen LogP contribution in [-0.2, 0) is 0 Å². The monoisotopic (exact) mass is 376 g/mol. The number of hydrogen-bond donors (Lipinski definition) is 2. The van der Waals surface area contributed by atoms with Crippen molar-refractivity contribution >= 4 is 23.0 Å². The van der Waals surface area contributed by atoms with E-state index in [-0.39, 0.29) is 19.5 Å². The molecule has 0 radical (unpaired) electrons. The van der Waals surface area contributed by atoms with Crippen LogP contribution < -0.4 is 29.6 Å². The Bertz CT molecular complexity index is 1050. The van der Waals surface area contributed by atoms with E-state index in [2.05, 4.69) is 10.6 Å². The van der Waals surface area contributed by atoms with Gasteiger partial charge in [0.05, 0.1) is 0 Å². The first kappa shape index (κ1) is 16.3. The number of carbonyl (C=O) groups is 1. The van der Waals surface area contributed by atoms with Crippen LogP contribution in [0, 0.1) is 0 Å². The SMILES string of the molecule is O=C(Nc1ccc(Nc2ccc3c(c2)OCO3)cc1)c1ccc2c(c1)OCO2. The van der Waals surface area contributed by atoms with Gasteiger partial charge in [0.25, 0.3) is 5.91 Å². The fourth-order valence-electron chi connectivity index (χ4n) is 3.02. The highest BCUT2D eigenvalue weighted by Crippen LogP contribution is 2.35. The maximum Gasteiger partial charge on any atom is 0.255 e. The van der Waals surface area contributed by atoms with Crippen molar-refractivity contribution in [1.29, 1.82) is 0 Å². The van der Waals surface area contributed by atoms with E-state index >= 15 is 0 Å². The van der Waals surface area contributed by atoms with Crippen LogP contribution in [-0.4, -0.2) is 19.5 Å². The van der Waals surface area contributed by atoms with Gasteiger partial charge in [-0.15, -0.1) is 0 Å². The van der Waals surface area contributed by atoms with Crippen LogP contribution in [0.1, 0.15) is 10.4 Å². The molecule has 0 spiro atoms. The first-order chi connectivity index (χ1) is 13.7. The number of amides is 1. The third kappa shape index (κ3) is 3.14. The van der Waals surface area contributed by atoms with Crippen LogP contribution in [0.25, 0.3) is 0 Å². The van der Waals surface area contributed by atoms with Crippen LogP contribution in [0.4, 0.5) is 17.1 Å². The van der Waals surface area contributed by atoms with Gasteiger partial charge >= 0.3 is 0 Å². The smallest absolute Gasteiger partial charge is 0.255 e. The molecule has 0 aliphatic carbocycles. The number of benzene rings is 3. The summed E-state index contributed by atoms with van der Waals surface area (Å²) in [6.07, 6.45) is 0. The van der Waals surface area contributed by atoms with E-state index in [1.807, 2.05) is 42.5 Å². The molecule has 28 heavy (non-hydrogen) atoms. The topological polar surface area (TPSA) is 78.1 Å². The number of anilines is 3. The van der Waals surface area contributed by atoms with Gasteiger partial charge in [0.1, 0.15) is 0 Å². The molecular formula is C21H16N2O5. The van der Waals surface area contributed by atoms with Gasteiger partial charge in [-0.25, -0.2) is 0 Å². The fourth-order valence-corrected chi connectivity index (χ4v) is 3.02. The summed E-state index contributed by atoms with van der Waals surface area (Å²) in [6.45, 7) is 0.425. The fraction of sp³-hybridized carbons (Fsp3) is 0.0952. The predicted molar refractivity (Wildman–Crippen MR) is 103 cm³/mol. The minimum atomic E-state index is -0.213. The molecule has 140 valence electrons. The van der Waals surface area contributed by atoms with E-state index in [9.17, 15) is 4.79 Å². The van der Waals surface area contributed by atoms with Crippen molar-refractivity contribution in [3.63, 3.8) is 0 Å². The highest BCUT2D eigenvalue weighted by atomic mass is 16.7. The molecule has 0 aromatic heterocycles. The summed E-state index contributed by atoms with van der Waals surface area (Å²) in [6, 6.07) is 18.2. The van der Waals surface area contributed by atoms with Crippen molar-refractivity contribution in [2.75, 3.05) is 24.2 Å². The second kappa shape index (κ2) is 6.70. The van der Waals surface area contributed by atoms with Crippen molar-refractivity contribution in [2.24, 2.45) is 0 Å². The average molecular weight is 376 g/mol. The summed E-state index contributed by atoms with van der Waals surface area (Å²) in [7, 11) is 0. The van der Waals surface area contributed by atoms with E-state index in [1.165, 1.54) is 0 Å². The largest absolute Gasteiger partial charge is 0.454 e. The second-order valence-corrected chi connectivity index (χ2v) is 6.29. The highest BCUT2D eigenvalue weighted by Gasteiger charge is 2.16. The molecule has 2 aliphatic rings. The lowest BCUT2D eigenvalue weighted by Gasteiger charge is -2.09. The lowest BCUT2D eigenvalue weighted by Crippen LogP contribution is -2.11. The third-order valence-electron chi connectivity index (χ3n) is 4.44. The Morgan fingerprint density at radius 2 is 1.21 bits per heavy atom. The summed E-state index contributed by atoms with van der Waals surface area (Å²) in [5.41, 5.74) is 2.98. The Labute approximate surface area is 160 Å². The van der Waals surface area contributed by atoms with Gasteiger partial charge in [-0.1, -0.05) is 0 Å². The number of carbonyl (C=O) groups excluding carboxylic acids is 1. The van der Waals surface area contributed by atoms with Gasteiger partial charge in [-0.3, -0.25) is 4.79 Å². The lowest BCUT2D eigenvalue weighted by atomic mass is 10.2. The maximum absolute atomic E-state index is 12.4. The van der Waals surface area contributed by atoms with E-state index in [0.29, 0.717) is 22.7 Å². The Morgan fingerprint density at radius 3 is 1.96 bits per heavy atom. The maximum atomic E-state index is 12.4. The van der Waals surface area contributed by atoms with Gasteiger partial charge in [-0.05, 0) is 54.6 Å². The van der Waals surface area contributed by atoms with E-state index in [1.54, 1.807) is 18.2 Å². The van der Waals surface area contributed by atoms with E-state index < -0.39 is 0 Å². The second-order valence-electron chi connectivity index (χ2n) is 6.29. The molecule has 1 amide bonds. The van der Waals surface area contributed by atoms with Gasteiger partial charge in [-0.2, -0.15) is 0 Å². The van der Waals surface area contributed by atoms with Crippen molar-refractivity contribution in [1.82, 2.24) is 0 Å². The van der Waals surface area contributed by atoms with Gasteiger partial charge in [0.2, 0.25) is 13.6 Å². The molecule has 2 N–H and O–H groups in total. The number of nitrogens with one attached hydrogen (secondary N) is 2. The van der Waals surface area contributed by atoms with Crippen LogP contribution in [0.3, 0.4) is 0 Å². The van der Waals surface area contributed by atoms with Crippen molar-refractivity contribution < 1.29 is 23.7 Å². The molecule has 3 aromatic rings. The molecule has 7 nitrogen and oxygen atoms in total. The van der Waals surface area contributed by atoms with Crippen LogP contribution in [0.5, 0.6) is 23.0 Å². The quantitative estimate of drug-likeness (QED) is 0.713. The number of ether oxygens (including phenoxy) is 4. The molecule has 0 bridgehead atoms. The van der Waals surface area contributed by atoms with Crippen LogP contribution in [0.2, 0.25) is 0 Å². The van der Waals surface area contributed by atoms with Crippen molar-refractivity contribution in [3.8, 4) is 23.0 Å². The normalized spacial score (nSPS) is 13.3. The summed E-state index contributed by atoms with van der Waals surface area (Å²) >= 11 is 0.